The Hall–Kier alpha value is -2.75. The summed E-state index contributed by atoms with van der Waals surface area (Å²) in [5.41, 5.74) is 1.61. The van der Waals surface area contributed by atoms with Gasteiger partial charge in [-0.2, -0.15) is 0 Å². The molecule has 0 aliphatic heterocycles. The van der Waals surface area contributed by atoms with Crippen LogP contribution >= 0.6 is 0 Å². The average Bonchev–Trinajstić information content (AvgIpc) is 3.65. The molecule has 0 aromatic heterocycles. The van der Waals surface area contributed by atoms with Crippen molar-refractivity contribution in [3.63, 3.8) is 0 Å². The molecular formula is C25H33N3O5S. The van der Waals surface area contributed by atoms with Crippen LogP contribution in [0.2, 0.25) is 0 Å². The molecule has 2 aromatic carbocycles. The van der Waals surface area contributed by atoms with Crippen molar-refractivity contribution in [2.24, 2.45) is 0 Å². The van der Waals surface area contributed by atoms with Gasteiger partial charge in [-0.25, -0.2) is 8.42 Å². The number of ketones is 1. The van der Waals surface area contributed by atoms with Crippen molar-refractivity contribution < 1.29 is 23.1 Å². The second kappa shape index (κ2) is 11.1. The summed E-state index contributed by atoms with van der Waals surface area (Å²) in [6.07, 6.45) is 3.02. The maximum atomic E-state index is 13.3. The van der Waals surface area contributed by atoms with Gasteiger partial charge < -0.3 is 15.7 Å². The Morgan fingerprint density at radius 2 is 1.76 bits per heavy atom. The SMILES string of the molecule is CCC(=O)c1cc(C(=O)N[C@@H](Cc2ccccc2)[C@H](O)CNC2CC2)cc(N(C)S(C)(=O)=O)c1. The lowest BCUT2D eigenvalue weighted by atomic mass is 9.99. The van der Waals surface area contributed by atoms with Crippen LogP contribution in [0.4, 0.5) is 5.69 Å². The normalized spacial score (nSPS) is 15.4. The van der Waals surface area contributed by atoms with Crippen molar-refractivity contribution in [2.75, 3.05) is 24.2 Å². The number of anilines is 1. The van der Waals surface area contributed by atoms with Gasteiger partial charge in [-0.3, -0.25) is 13.9 Å². The van der Waals surface area contributed by atoms with Crippen molar-refractivity contribution in [3.8, 4) is 0 Å². The van der Waals surface area contributed by atoms with Crippen molar-refractivity contribution in [3.05, 3.63) is 65.2 Å². The molecule has 3 rings (SSSR count). The Balaban J connectivity index is 1.88. The summed E-state index contributed by atoms with van der Waals surface area (Å²) in [7, 11) is -2.22. The van der Waals surface area contributed by atoms with E-state index in [2.05, 4.69) is 10.6 Å². The molecular weight excluding hydrogens is 454 g/mol. The van der Waals surface area contributed by atoms with Gasteiger partial charge in [-0.1, -0.05) is 37.3 Å². The van der Waals surface area contributed by atoms with Gasteiger partial charge in [0.1, 0.15) is 0 Å². The third-order valence-corrected chi connectivity index (χ3v) is 7.16. The number of hydrogen-bond acceptors (Lipinski definition) is 6. The van der Waals surface area contributed by atoms with Crippen LogP contribution in [-0.4, -0.2) is 63.3 Å². The highest BCUT2D eigenvalue weighted by Crippen LogP contribution is 2.22. The lowest BCUT2D eigenvalue weighted by molar-refractivity contribution is 0.0830. The van der Waals surface area contributed by atoms with Crippen LogP contribution in [0.15, 0.2) is 48.5 Å². The number of carbonyl (C=O) groups is 2. The number of nitrogens with zero attached hydrogens (tertiary/aromatic N) is 1. The first-order chi connectivity index (χ1) is 16.1. The van der Waals surface area contributed by atoms with Crippen LogP contribution in [0.25, 0.3) is 0 Å². The minimum absolute atomic E-state index is 0.158. The number of Topliss-reactive ketones (excluding diaryl/α,β-unsaturated/α-hetero) is 1. The fourth-order valence-electron chi connectivity index (χ4n) is 3.60. The van der Waals surface area contributed by atoms with Gasteiger partial charge in [-0.15, -0.1) is 0 Å². The van der Waals surface area contributed by atoms with Crippen LogP contribution in [0.3, 0.4) is 0 Å². The van der Waals surface area contributed by atoms with E-state index < -0.39 is 28.1 Å². The van der Waals surface area contributed by atoms with Gasteiger partial charge >= 0.3 is 0 Å². The number of aliphatic hydroxyl groups is 1. The third kappa shape index (κ3) is 7.12. The average molecular weight is 488 g/mol. The zero-order valence-corrected chi connectivity index (χ0v) is 20.6. The van der Waals surface area contributed by atoms with Gasteiger partial charge in [-0.05, 0) is 43.0 Å². The summed E-state index contributed by atoms with van der Waals surface area (Å²) in [6.45, 7) is 2.05. The van der Waals surface area contributed by atoms with E-state index in [0.29, 0.717) is 19.0 Å². The van der Waals surface area contributed by atoms with Gasteiger partial charge in [0.05, 0.1) is 24.1 Å². The van der Waals surface area contributed by atoms with Gasteiger partial charge in [0, 0.05) is 37.2 Å². The molecule has 34 heavy (non-hydrogen) atoms. The molecule has 2 atom stereocenters. The van der Waals surface area contributed by atoms with Crippen molar-refractivity contribution in [1.29, 1.82) is 0 Å². The first-order valence-electron chi connectivity index (χ1n) is 11.5. The smallest absolute Gasteiger partial charge is 0.251 e. The molecule has 0 spiro atoms. The van der Waals surface area contributed by atoms with Crippen molar-refractivity contribution in [2.45, 2.75) is 50.8 Å². The summed E-state index contributed by atoms with van der Waals surface area (Å²) in [6, 6.07) is 13.8. The second-order valence-corrected chi connectivity index (χ2v) is 10.8. The van der Waals surface area contributed by atoms with Gasteiger partial charge in [0.2, 0.25) is 10.0 Å². The number of nitrogens with one attached hydrogen (secondary N) is 2. The molecule has 0 radical (unpaired) electrons. The summed E-state index contributed by atoms with van der Waals surface area (Å²) >= 11 is 0. The van der Waals surface area contributed by atoms with E-state index in [1.807, 2.05) is 30.3 Å². The predicted molar refractivity (Wildman–Crippen MR) is 133 cm³/mol. The first-order valence-corrected chi connectivity index (χ1v) is 13.3. The molecule has 9 heteroatoms. The highest BCUT2D eigenvalue weighted by molar-refractivity contribution is 7.92. The highest BCUT2D eigenvalue weighted by Gasteiger charge is 2.27. The number of sulfonamides is 1. The fourth-order valence-corrected chi connectivity index (χ4v) is 4.09. The minimum atomic E-state index is -3.59. The fraction of sp³-hybridized carbons (Fsp3) is 0.440. The Morgan fingerprint density at radius 3 is 2.35 bits per heavy atom. The summed E-state index contributed by atoms with van der Waals surface area (Å²) in [4.78, 5) is 25.7. The van der Waals surface area contributed by atoms with Crippen LogP contribution in [0.5, 0.6) is 0 Å². The monoisotopic (exact) mass is 487 g/mol. The van der Waals surface area contributed by atoms with E-state index in [9.17, 15) is 23.1 Å². The van der Waals surface area contributed by atoms with Crippen LogP contribution in [-0.2, 0) is 16.4 Å². The molecule has 2 aromatic rings. The predicted octanol–water partition coefficient (Wildman–Crippen LogP) is 2.13. The standard InChI is InChI=1S/C25H33N3O5S/c1-4-23(29)18-13-19(15-21(14-18)28(2)34(3,32)33)25(31)27-22(12-17-8-6-5-7-9-17)24(30)16-26-20-10-11-20/h5-9,13-15,20,22,24,26,30H,4,10-12,16H2,1-3H3,(H,27,31)/t22-,24+/m0/s1. The number of rotatable bonds is 12. The quantitative estimate of drug-likeness (QED) is 0.395. The van der Waals surface area contributed by atoms with Gasteiger partial charge in [0.25, 0.3) is 5.91 Å². The number of amides is 1. The molecule has 0 heterocycles. The first kappa shape index (κ1) is 25.9. The summed E-state index contributed by atoms with van der Waals surface area (Å²) < 4.78 is 25.2. The Bertz CT molecular complexity index is 1120. The molecule has 184 valence electrons. The maximum absolute atomic E-state index is 13.3. The molecule has 0 saturated heterocycles. The topological polar surface area (TPSA) is 116 Å². The highest BCUT2D eigenvalue weighted by atomic mass is 32.2. The maximum Gasteiger partial charge on any atom is 0.251 e. The van der Waals surface area contributed by atoms with Gasteiger partial charge in [0.15, 0.2) is 5.78 Å². The largest absolute Gasteiger partial charge is 0.390 e. The molecule has 1 amide bonds. The van der Waals surface area contributed by atoms with Crippen molar-refractivity contribution >= 4 is 27.4 Å². The van der Waals surface area contributed by atoms with E-state index in [4.69, 9.17) is 0 Å². The second-order valence-electron chi connectivity index (χ2n) is 8.80. The minimum Gasteiger partial charge on any atom is -0.390 e. The number of aliphatic hydroxyl groups excluding tert-OH is 1. The number of carbonyl (C=O) groups excluding carboxylic acids is 2. The molecule has 1 aliphatic carbocycles. The van der Waals surface area contributed by atoms with E-state index in [1.165, 1.54) is 25.2 Å². The van der Waals surface area contributed by atoms with E-state index in [0.717, 1.165) is 29.0 Å². The Morgan fingerprint density at radius 1 is 1.12 bits per heavy atom. The van der Waals surface area contributed by atoms with E-state index in [-0.39, 0.29) is 29.0 Å². The third-order valence-electron chi connectivity index (χ3n) is 5.96. The van der Waals surface area contributed by atoms with Crippen LogP contribution in [0.1, 0.15) is 52.5 Å². The van der Waals surface area contributed by atoms with E-state index in [1.54, 1.807) is 6.92 Å². The van der Waals surface area contributed by atoms with E-state index >= 15 is 0 Å². The molecule has 1 aliphatic rings. The Labute approximate surface area is 201 Å². The molecule has 1 fully saturated rings. The molecule has 0 unspecified atom stereocenters. The molecule has 0 bridgehead atoms. The molecule has 3 N–H and O–H groups in total. The van der Waals surface area contributed by atoms with Crippen molar-refractivity contribution in [1.82, 2.24) is 10.6 Å². The summed E-state index contributed by atoms with van der Waals surface area (Å²) in [5.74, 6) is -0.687. The number of benzene rings is 2. The van der Waals surface area contributed by atoms with Crippen LogP contribution in [0, 0.1) is 0 Å². The molecule has 8 nitrogen and oxygen atoms in total. The number of hydrogen-bond donors (Lipinski definition) is 3. The zero-order valence-electron chi connectivity index (χ0n) is 19.8. The lowest BCUT2D eigenvalue weighted by Crippen LogP contribution is -2.49. The zero-order chi connectivity index (χ0) is 24.9. The lowest BCUT2D eigenvalue weighted by Gasteiger charge is -2.25. The van der Waals surface area contributed by atoms with Crippen LogP contribution < -0.4 is 14.9 Å². The Kier molecular flexibility index (Phi) is 8.46. The molecule has 1 saturated carbocycles. The summed E-state index contributed by atoms with van der Waals surface area (Å²) in [5, 5.41) is 17.0.